The highest BCUT2D eigenvalue weighted by Crippen LogP contribution is 2.15. The molecule has 0 spiro atoms. The highest BCUT2D eigenvalue weighted by molar-refractivity contribution is 6.33. The number of benzene rings is 1. The minimum Gasteiger partial charge on any atom is -0.350 e. The molecule has 5 nitrogen and oxygen atoms in total. The first kappa shape index (κ1) is 17.9. The Morgan fingerprint density at radius 1 is 1.17 bits per heavy atom. The monoisotopic (exact) mass is 345 g/mol. The van der Waals surface area contributed by atoms with Gasteiger partial charge in [0, 0.05) is 18.9 Å². The van der Waals surface area contributed by atoms with Crippen LogP contribution in [0.1, 0.15) is 29.8 Å². The van der Waals surface area contributed by atoms with Gasteiger partial charge in [0.05, 0.1) is 10.6 Å². The van der Waals surface area contributed by atoms with Crippen molar-refractivity contribution in [2.45, 2.75) is 26.4 Å². The van der Waals surface area contributed by atoms with Crippen LogP contribution in [0.25, 0.3) is 0 Å². The summed E-state index contributed by atoms with van der Waals surface area (Å²) in [6.45, 7) is 4.11. The van der Waals surface area contributed by atoms with Gasteiger partial charge in [-0.05, 0) is 29.7 Å². The minimum absolute atomic E-state index is 0.0645. The molecule has 0 unspecified atom stereocenters. The van der Waals surface area contributed by atoms with Crippen LogP contribution in [-0.2, 0) is 11.3 Å². The Morgan fingerprint density at radius 2 is 1.92 bits per heavy atom. The lowest BCUT2D eigenvalue weighted by molar-refractivity contribution is -0.124. The van der Waals surface area contributed by atoms with Gasteiger partial charge in [-0.2, -0.15) is 0 Å². The maximum Gasteiger partial charge on any atom is 0.253 e. The zero-order chi connectivity index (χ0) is 17.5. The van der Waals surface area contributed by atoms with Gasteiger partial charge in [-0.3, -0.25) is 14.6 Å². The van der Waals surface area contributed by atoms with Crippen LogP contribution in [0.2, 0.25) is 5.02 Å². The number of aromatic nitrogens is 1. The van der Waals surface area contributed by atoms with Crippen LogP contribution in [0.5, 0.6) is 0 Å². The van der Waals surface area contributed by atoms with Gasteiger partial charge in [-0.1, -0.05) is 43.6 Å². The number of carbonyl (C=O) groups excluding carboxylic acids is 2. The minimum atomic E-state index is -0.648. The predicted molar refractivity (Wildman–Crippen MR) is 93.6 cm³/mol. The number of hydrogen-bond donors (Lipinski definition) is 2. The van der Waals surface area contributed by atoms with Gasteiger partial charge in [-0.25, -0.2) is 0 Å². The molecule has 0 fully saturated rings. The van der Waals surface area contributed by atoms with E-state index in [0.717, 1.165) is 5.56 Å². The molecule has 0 saturated carbocycles. The van der Waals surface area contributed by atoms with E-state index in [1.54, 1.807) is 42.7 Å². The maximum absolute atomic E-state index is 12.4. The van der Waals surface area contributed by atoms with Crippen LogP contribution < -0.4 is 10.6 Å². The highest BCUT2D eigenvalue weighted by Gasteiger charge is 2.25. The lowest BCUT2D eigenvalue weighted by Gasteiger charge is -2.22. The van der Waals surface area contributed by atoms with E-state index in [2.05, 4.69) is 15.6 Å². The van der Waals surface area contributed by atoms with E-state index in [1.165, 1.54) is 0 Å². The summed E-state index contributed by atoms with van der Waals surface area (Å²) in [5.74, 6) is -0.671. The van der Waals surface area contributed by atoms with Crippen LogP contribution in [-0.4, -0.2) is 22.8 Å². The van der Waals surface area contributed by atoms with Gasteiger partial charge < -0.3 is 10.6 Å². The SMILES string of the molecule is CC(C)[C@H](NC(=O)c1ccccc1Cl)C(=O)NCc1cccnc1. The fourth-order valence-corrected chi connectivity index (χ4v) is 2.42. The molecule has 0 aliphatic rings. The Morgan fingerprint density at radius 3 is 2.54 bits per heavy atom. The van der Waals surface area contributed by atoms with E-state index in [9.17, 15) is 9.59 Å². The smallest absolute Gasteiger partial charge is 0.253 e. The zero-order valence-corrected chi connectivity index (χ0v) is 14.4. The Hall–Kier alpha value is -2.40. The lowest BCUT2D eigenvalue weighted by Crippen LogP contribution is -2.49. The Bertz CT molecular complexity index is 704. The van der Waals surface area contributed by atoms with Gasteiger partial charge >= 0.3 is 0 Å². The molecule has 0 bridgehead atoms. The van der Waals surface area contributed by atoms with Crippen molar-refractivity contribution in [1.29, 1.82) is 0 Å². The second kappa shape index (κ2) is 8.45. The molecular formula is C18H20ClN3O2. The molecule has 126 valence electrons. The number of amides is 2. The number of carbonyl (C=O) groups is 2. The summed E-state index contributed by atoms with van der Waals surface area (Å²) >= 11 is 6.03. The standard InChI is InChI=1S/C18H20ClN3O2/c1-12(2)16(18(24)21-11-13-6-5-9-20-10-13)22-17(23)14-7-3-4-8-15(14)19/h3-10,12,16H,11H2,1-2H3,(H,21,24)(H,22,23)/t16-/m0/s1. The number of rotatable bonds is 6. The lowest BCUT2D eigenvalue weighted by atomic mass is 10.0. The first-order chi connectivity index (χ1) is 11.5. The molecule has 1 heterocycles. The number of nitrogens with one attached hydrogen (secondary N) is 2. The van der Waals surface area contributed by atoms with E-state index in [1.807, 2.05) is 19.9 Å². The van der Waals surface area contributed by atoms with E-state index >= 15 is 0 Å². The van der Waals surface area contributed by atoms with Crippen molar-refractivity contribution >= 4 is 23.4 Å². The summed E-state index contributed by atoms with van der Waals surface area (Å²) in [4.78, 5) is 28.8. The molecule has 2 N–H and O–H groups in total. The summed E-state index contributed by atoms with van der Waals surface area (Å²) in [5, 5.41) is 5.94. The van der Waals surface area contributed by atoms with Crippen LogP contribution in [0.3, 0.4) is 0 Å². The molecule has 1 atom stereocenters. The van der Waals surface area contributed by atoms with Gasteiger partial charge in [0.2, 0.25) is 5.91 Å². The third-order valence-corrected chi connectivity index (χ3v) is 3.87. The van der Waals surface area contributed by atoms with Crippen molar-refractivity contribution in [3.05, 3.63) is 64.9 Å². The van der Waals surface area contributed by atoms with E-state index < -0.39 is 6.04 Å². The summed E-state index contributed by atoms with van der Waals surface area (Å²) in [7, 11) is 0. The predicted octanol–water partition coefficient (Wildman–Crippen LogP) is 2.81. The molecule has 0 aliphatic heterocycles. The maximum atomic E-state index is 12.4. The second-order valence-electron chi connectivity index (χ2n) is 5.75. The van der Waals surface area contributed by atoms with Gasteiger partial charge in [-0.15, -0.1) is 0 Å². The largest absolute Gasteiger partial charge is 0.350 e. The molecule has 2 aromatic rings. The topological polar surface area (TPSA) is 71.1 Å². The van der Waals surface area contributed by atoms with Crippen molar-refractivity contribution in [2.75, 3.05) is 0 Å². The van der Waals surface area contributed by atoms with Crippen LogP contribution in [0.15, 0.2) is 48.8 Å². The Labute approximate surface area is 146 Å². The quantitative estimate of drug-likeness (QED) is 0.845. The number of nitrogens with zero attached hydrogens (tertiary/aromatic N) is 1. The van der Waals surface area contributed by atoms with Crippen molar-refractivity contribution < 1.29 is 9.59 Å². The summed E-state index contributed by atoms with van der Waals surface area (Å²) in [6.07, 6.45) is 3.36. The van der Waals surface area contributed by atoms with Gasteiger partial charge in [0.15, 0.2) is 0 Å². The number of pyridine rings is 1. The van der Waals surface area contributed by atoms with Crippen molar-refractivity contribution in [3.8, 4) is 0 Å². The van der Waals surface area contributed by atoms with Crippen LogP contribution in [0, 0.1) is 5.92 Å². The summed E-state index contributed by atoms with van der Waals surface area (Å²) in [6, 6.07) is 9.78. The molecular weight excluding hydrogens is 326 g/mol. The fraction of sp³-hybridized carbons (Fsp3) is 0.278. The average Bonchev–Trinajstić information content (AvgIpc) is 2.58. The Kier molecular flexibility index (Phi) is 6.32. The van der Waals surface area contributed by atoms with E-state index in [0.29, 0.717) is 17.1 Å². The Balaban J connectivity index is 2.02. The van der Waals surface area contributed by atoms with Crippen LogP contribution >= 0.6 is 11.6 Å². The molecule has 24 heavy (non-hydrogen) atoms. The van der Waals surface area contributed by atoms with Crippen molar-refractivity contribution in [3.63, 3.8) is 0 Å². The first-order valence-electron chi connectivity index (χ1n) is 7.71. The van der Waals surface area contributed by atoms with Crippen molar-refractivity contribution in [1.82, 2.24) is 15.6 Å². The van der Waals surface area contributed by atoms with E-state index in [-0.39, 0.29) is 17.7 Å². The van der Waals surface area contributed by atoms with Gasteiger partial charge in [0.1, 0.15) is 6.04 Å². The molecule has 0 saturated heterocycles. The van der Waals surface area contributed by atoms with Crippen LogP contribution in [0.4, 0.5) is 0 Å². The average molecular weight is 346 g/mol. The molecule has 0 radical (unpaired) electrons. The molecule has 1 aromatic heterocycles. The third-order valence-electron chi connectivity index (χ3n) is 3.54. The molecule has 6 heteroatoms. The highest BCUT2D eigenvalue weighted by atomic mass is 35.5. The second-order valence-corrected chi connectivity index (χ2v) is 6.16. The summed E-state index contributed by atoms with van der Waals surface area (Å²) < 4.78 is 0. The molecule has 2 rings (SSSR count). The summed E-state index contributed by atoms with van der Waals surface area (Å²) in [5.41, 5.74) is 1.25. The third kappa shape index (κ3) is 4.80. The van der Waals surface area contributed by atoms with Gasteiger partial charge in [0.25, 0.3) is 5.91 Å². The van der Waals surface area contributed by atoms with E-state index in [4.69, 9.17) is 11.6 Å². The van der Waals surface area contributed by atoms with Crippen molar-refractivity contribution in [2.24, 2.45) is 5.92 Å². The molecule has 2 amide bonds. The zero-order valence-electron chi connectivity index (χ0n) is 13.6. The number of halogens is 1. The normalized spacial score (nSPS) is 11.8. The molecule has 0 aliphatic carbocycles. The fourth-order valence-electron chi connectivity index (χ4n) is 2.20. The molecule has 1 aromatic carbocycles. The first-order valence-corrected chi connectivity index (χ1v) is 8.09. The number of hydrogen-bond acceptors (Lipinski definition) is 3.